The third-order valence-electron chi connectivity index (χ3n) is 8.71. The number of para-hydroxylation sites is 2. The van der Waals surface area contributed by atoms with Crippen molar-refractivity contribution in [3.8, 4) is 22.5 Å². The molecule has 0 saturated heterocycles. The summed E-state index contributed by atoms with van der Waals surface area (Å²) >= 11 is 0. The van der Waals surface area contributed by atoms with E-state index in [0.29, 0.717) is 0 Å². The molecule has 1 aliphatic rings. The second kappa shape index (κ2) is 8.66. The van der Waals surface area contributed by atoms with Crippen molar-refractivity contribution in [3.63, 3.8) is 0 Å². The van der Waals surface area contributed by atoms with Gasteiger partial charge in [0.05, 0.1) is 22.8 Å². The molecule has 9 rings (SSSR count). The van der Waals surface area contributed by atoms with Gasteiger partial charge in [-0.05, 0) is 23.3 Å². The number of hydrogen-bond donors (Lipinski definition) is 0. The van der Waals surface area contributed by atoms with Gasteiger partial charge in [-0.3, -0.25) is 4.90 Å². The number of hydrogen-bond acceptors (Lipinski definition) is 4. The number of benzene rings is 4. The van der Waals surface area contributed by atoms with Crippen LogP contribution in [0.2, 0.25) is 0 Å². The van der Waals surface area contributed by atoms with Crippen molar-refractivity contribution in [1.29, 1.82) is 0 Å². The Bertz CT molecular complexity index is 2160. The molecular formula is C36H27N7. The van der Waals surface area contributed by atoms with Gasteiger partial charge >= 0.3 is 0 Å². The lowest BCUT2D eigenvalue weighted by Gasteiger charge is -2.40. The third-order valence-corrected chi connectivity index (χ3v) is 8.71. The van der Waals surface area contributed by atoms with E-state index in [2.05, 4.69) is 110 Å². The SMILES string of the molecule is CC1(C)c2ccccc2N(c2cc3n4nc(-c5ccccc5)cc4n4nc(-c5ccccc5)cc4n3n2)c2ccccc21. The zero-order valence-corrected chi connectivity index (χ0v) is 23.8. The Morgan fingerprint density at radius 2 is 0.884 bits per heavy atom. The summed E-state index contributed by atoms with van der Waals surface area (Å²) in [4.78, 5) is 2.28. The van der Waals surface area contributed by atoms with E-state index in [-0.39, 0.29) is 5.41 Å². The fourth-order valence-corrected chi connectivity index (χ4v) is 6.59. The van der Waals surface area contributed by atoms with Crippen LogP contribution >= 0.6 is 0 Å². The molecule has 4 aromatic heterocycles. The maximum absolute atomic E-state index is 5.27. The molecule has 0 atom stereocenters. The molecule has 43 heavy (non-hydrogen) atoms. The van der Waals surface area contributed by atoms with Gasteiger partial charge in [-0.15, -0.1) is 5.10 Å². The van der Waals surface area contributed by atoms with Crippen LogP contribution in [-0.2, 0) is 5.41 Å². The van der Waals surface area contributed by atoms with Crippen molar-refractivity contribution in [1.82, 2.24) is 28.8 Å². The van der Waals surface area contributed by atoms with E-state index in [4.69, 9.17) is 15.3 Å². The molecule has 7 heteroatoms. The molecule has 0 amide bonds. The first kappa shape index (κ1) is 24.0. The van der Waals surface area contributed by atoms with Gasteiger partial charge in [-0.25, -0.2) is 0 Å². The van der Waals surface area contributed by atoms with Gasteiger partial charge < -0.3 is 0 Å². The van der Waals surface area contributed by atoms with Crippen LogP contribution in [0.3, 0.4) is 0 Å². The smallest absolute Gasteiger partial charge is 0.163 e. The van der Waals surface area contributed by atoms with Crippen LogP contribution in [0, 0.1) is 0 Å². The Morgan fingerprint density at radius 1 is 0.465 bits per heavy atom. The summed E-state index contributed by atoms with van der Waals surface area (Å²) in [7, 11) is 0. The summed E-state index contributed by atoms with van der Waals surface area (Å²) in [6.07, 6.45) is 0. The van der Waals surface area contributed by atoms with Crippen LogP contribution in [-0.4, -0.2) is 28.8 Å². The Balaban J connectivity index is 1.35. The van der Waals surface area contributed by atoms with E-state index in [1.807, 2.05) is 49.9 Å². The van der Waals surface area contributed by atoms with Gasteiger partial charge in [0.2, 0.25) is 0 Å². The predicted octanol–water partition coefficient (Wildman–Crippen LogP) is 8.07. The maximum atomic E-state index is 5.27. The average molecular weight is 558 g/mol. The molecule has 0 fully saturated rings. The lowest BCUT2D eigenvalue weighted by atomic mass is 9.74. The number of fused-ring (bicyclic) bond motifs is 8. The highest BCUT2D eigenvalue weighted by molar-refractivity contribution is 5.86. The van der Waals surface area contributed by atoms with Crippen molar-refractivity contribution in [2.24, 2.45) is 0 Å². The second-order valence-electron chi connectivity index (χ2n) is 11.6. The van der Waals surface area contributed by atoms with Gasteiger partial charge in [0.25, 0.3) is 0 Å². The monoisotopic (exact) mass is 557 g/mol. The predicted molar refractivity (Wildman–Crippen MR) is 170 cm³/mol. The summed E-state index contributed by atoms with van der Waals surface area (Å²) in [6, 6.07) is 44.2. The van der Waals surface area contributed by atoms with Crippen molar-refractivity contribution in [3.05, 3.63) is 139 Å². The Labute approximate surface area is 247 Å². The molecule has 7 nitrogen and oxygen atoms in total. The molecule has 0 radical (unpaired) electrons. The molecule has 206 valence electrons. The van der Waals surface area contributed by atoms with Gasteiger partial charge in [0.1, 0.15) is 0 Å². The molecule has 0 saturated carbocycles. The van der Waals surface area contributed by atoms with E-state index in [0.717, 1.165) is 56.6 Å². The van der Waals surface area contributed by atoms with Crippen molar-refractivity contribution >= 4 is 34.1 Å². The maximum Gasteiger partial charge on any atom is 0.163 e. The minimum atomic E-state index is -0.147. The molecule has 5 heterocycles. The highest BCUT2D eigenvalue weighted by atomic mass is 15.5. The minimum Gasteiger partial charge on any atom is -0.293 e. The fraction of sp³-hybridized carbons (Fsp3) is 0.0833. The number of nitrogens with zero attached hydrogens (tertiary/aromatic N) is 7. The molecule has 8 aromatic rings. The fourth-order valence-electron chi connectivity index (χ4n) is 6.59. The summed E-state index contributed by atoms with van der Waals surface area (Å²) < 4.78 is 5.88. The molecule has 0 unspecified atom stereocenters. The zero-order chi connectivity index (χ0) is 28.7. The molecule has 0 aliphatic carbocycles. The molecule has 0 spiro atoms. The van der Waals surface area contributed by atoms with Crippen molar-refractivity contribution < 1.29 is 0 Å². The number of anilines is 3. The quantitative estimate of drug-likeness (QED) is 0.220. The molecule has 0 N–H and O–H groups in total. The molecule has 4 aromatic carbocycles. The van der Waals surface area contributed by atoms with Crippen LogP contribution in [0.4, 0.5) is 17.2 Å². The Kier molecular flexibility index (Phi) is 4.82. The van der Waals surface area contributed by atoms with E-state index in [9.17, 15) is 0 Å². The summed E-state index contributed by atoms with van der Waals surface area (Å²) in [6.45, 7) is 4.59. The van der Waals surface area contributed by atoms with E-state index >= 15 is 0 Å². The van der Waals surface area contributed by atoms with Crippen LogP contribution in [0.5, 0.6) is 0 Å². The summed E-state index contributed by atoms with van der Waals surface area (Å²) in [5, 5.41) is 15.4. The normalized spacial score (nSPS) is 14.0. The van der Waals surface area contributed by atoms with E-state index in [1.165, 1.54) is 11.1 Å². The van der Waals surface area contributed by atoms with E-state index < -0.39 is 0 Å². The van der Waals surface area contributed by atoms with Crippen molar-refractivity contribution in [2.75, 3.05) is 4.90 Å². The first-order chi connectivity index (χ1) is 21.1. The first-order valence-corrected chi connectivity index (χ1v) is 14.5. The summed E-state index contributed by atoms with van der Waals surface area (Å²) in [5.74, 6) is 0.823. The Morgan fingerprint density at radius 3 is 1.40 bits per heavy atom. The first-order valence-electron chi connectivity index (χ1n) is 14.5. The lowest BCUT2D eigenvalue weighted by molar-refractivity contribution is 0.631. The highest BCUT2D eigenvalue weighted by Crippen LogP contribution is 2.51. The van der Waals surface area contributed by atoms with Gasteiger partial charge in [-0.1, -0.05) is 111 Å². The number of rotatable bonds is 3. The molecular weight excluding hydrogens is 530 g/mol. The van der Waals surface area contributed by atoms with Crippen LogP contribution < -0.4 is 4.90 Å². The third kappa shape index (κ3) is 3.39. The number of aromatic nitrogens is 6. The van der Waals surface area contributed by atoms with Gasteiger partial charge in [0, 0.05) is 34.7 Å². The lowest BCUT2D eigenvalue weighted by Crippen LogP contribution is -2.30. The minimum absolute atomic E-state index is 0.147. The van der Waals surface area contributed by atoms with Gasteiger partial charge in [0.15, 0.2) is 22.8 Å². The second-order valence-corrected chi connectivity index (χ2v) is 11.6. The topological polar surface area (TPSA) is 55.1 Å². The van der Waals surface area contributed by atoms with Crippen molar-refractivity contribution in [2.45, 2.75) is 19.3 Å². The van der Waals surface area contributed by atoms with Crippen LogP contribution in [0.15, 0.2) is 127 Å². The largest absolute Gasteiger partial charge is 0.293 e. The zero-order valence-electron chi connectivity index (χ0n) is 23.8. The van der Waals surface area contributed by atoms with Crippen LogP contribution in [0.1, 0.15) is 25.0 Å². The van der Waals surface area contributed by atoms with Crippen LogP contribution in [0.25, 0.3) is 39.5 Å². The highest BCUT2D eigenvalue weighted by Gasteiger charge is 2.37. The van der Waals surface area contributed by atoms with Gasteiger partial charge in [-0.2, -0.15) is 23.7 Å². The molecule has 0 bridgehead atoms. The van der Waals surface area contributed by atoms with E-state index in [1.54, 1.807) is 0 Å². The standard InChI is InChI=1S/C36H27N7/c1-36(2)26-17-9-11-19-30(26)40(31-20-12-10-18-27(31)36)32-23-35-42-33(21-28(38-42)24-13-5-3-6-14-24)41-34(43(35)39-32)22-29(37-41)25-15-7-4-8-16-25/h3-23H,1-2H3. The molecule has 1 aliphatic heterocycles. The summed E-state index contributed by atoms with van der Waals surface area (Å²) in [5.41, 5.74) is 11.1. The Hall–Kier alpha value is -5.69. The average Bonchev–Trinajstić information content (AvgIpc) is 3.79.